The van der Waals surface area contributed by atoms with Crippen molar-refractivity contribution in [1.82, 2.24) is 0 Å². The molecule has 1 heterocycles. The molecule has 0 fully saturated rings. The number of ether oxygens (including phenoxy) is 1. The van der Waals surface area contributed by atoms with Crippen molar-refractivity contribution in [1.29, 1.82) is 0 Å². The lowest BCUT2D eigenvalue weighted by atomic mass is 9.96. The van der Waals surface area contributed by atoms with Crippen LogP contribution in [0.1, 0.15) is 38.2 Å². The van der Waals surface area contributed by atoms with Crippen LogP contribution in [0.5, 0.6) is 0 Å². The molecular weight excluding hydrogens is 300 g/mol. The average Bonchev–Trinajstić information content (AvgIpc) is 2.85. The van der Waals surface area contributed by atoms with Gasteiger partial charge in [0.15, 0.2) is 0 Å². The van der Waals surface area contributed by atoms with Crippen LogP contribution < -0.4 is 0 Å². The van der Waals surface area contributed by atoms with Gasteiger partial charge in [-0.1, -0.05) is 57.9 Å². The summed E-state index contributed by atoms with van der Waals surface area (Å²) in [5.41, 5.74) is 7.93. The maximum absolute atomic E-state index is 5.48. The number of halogens is 1. The van der Waals surface area contributed by atoms with Gasteiger partial charge in [-0.15, -0.1) is 0 Å². The van der Waals surface area contributed by atoms with E-state index in [2.05, 4.69) is 66.2 Å². The van der Waals surface area contributed by atoms with Crippen molar-refractivity contribution in [2.75, 3.05) is 0 Å². The highest BCUT2D eigenvalue weighted by Crippen LogP contribution is 2.35. The number of hydrogen-bond donors (Lipinski definition) is 0. The second-order valence-corrected chi connectivity index (χ2v) is 6.16. The van der Waals surface area contributed by atoms with E-state index in [0.29, 0.717) is 0 Å². The zero-order valence-corrected chi connectivity index (χ0v) is 12.8. The minimum Gasteiger partial charge on any atom is -0.372 e. The predicted octanol–water partition coefficient (Wildman–Crippen LogP) is 4.82. The molecule has 2 heteroatoms. The molecule has 0 aromatic heterocycles. The van der Waals surface area contributed by atoms with E-state index in [1.807, 2.05) is 0 Å². The number of aryl methyl sites for hydroxylation is 2. The molecular formula is C17H17BrO. The molecule has 98 valence electrons. The van der Waals surface area contributed by atoms with E-state index in [0.717, 1.165) is 13.2 Å². The van der Waals surface area contributed by atoms with Crippen LogP contribution in [0.4, 0.5) is 0 Å². The number of benzene rings is 2. The zero-order valence-electron chi connectivity index (χ0n) is 11.2. The first-order valence-electron chi connectivity index (χ1n) is 6.56. The fourth-order valence-electron chi connectivity index (χ4n) is 2.64. The molecule has 1 aliphatic rings. The molecule has 0 N–H and O–H groups in total. The Kier molecular flexibility index (Phi) is 3.46. The van der Waals surface area contributed by atoms with Gasteiger partial charge in [-0.2, -0.15) is 0 Å². The molecule has 0 saturated heterocycles. The van der Waals surface area contributed by atoms with Gasteiger partial charge in [0.2, 0.25) is 0 Å². The second kappa shape index (κ2) is 5.10. The highest BCUT2D eigenvalue weighted by atomic mass is 79.9. The Morgan fingerprint density at radius 2 is 1.79 bits per heavy atom. The molecule has 0 spiro atoms. The van der Waals surface area contributed by atoms with Crippen LogP contribution in [0, 0.1) is 13.8 Å². The fraction of sp³-hybridized carbons (Fsp3) is 0.294. The Labute approximate surface area is 122 Å². The fourth-order valence-corrected chi connectivity index (χ4v) is 3.44. The van der Waals surface area contributed by atoms with Gasteiger partial charge in [-0.3, -0.25) is 0 Å². The van der Waals surface area contributed by atoms with Crippen LogP contribution in [0.2, 0.25) is 0 Å². The Hall–Kier alpha value is -1.12. The first kappa shape index (κ1) is 12.9. The van der Waals surface area contributed by atoms with Crippen molar-refractivity contribution in [2.45, 2.75) is 31.9 Å². The number of fused-ring (bicyclic) bond motifs is 1. The van der Waals surface area contributed by atoms with E-state index >= 15 is 0 Å². The summed E-state index contributed by atoms with van der Waals surface area (Å²) in [6.45, 7) is 5.81. The van der Waals surface area contributed by atoms with E-state index in [9.17, 15) is 0 Å². The van der Waals surface area contributed by atoms with Crippen LogP contribution in [-0.4, -0.2) is 0 Å². The molecule has 1 unspecified atom stereocenters. The smallest absolute Gasteiger partial charge is 0.0725 e. The molecule has 0 amide bonds. The minimum atomic E-state index is 0.249. The van der Waals surface area contributed by atoms with Gasteiger partial charge in [0, 0.05) is 0 Å². The third-order valence-electron chi connectivity index (χ3n) is 3.74. The van der Waals surface area contributed by atoms with Crippen molar-refractivity contribution in [2.24, 2.45) is 0 Å². The number of alkyl halides is 1. The van der Waals surface area contributed by atoms with Crippen molar-refractivity contribution in [3.05, 3.63) is 69.8 Å². The summed E-state index contributed by atoms with van der Waals surface area (Å²) < 4.78 is 5.48. The third kappa shape index (κ3) is 2.47. The predicted molar refractivity (Wildman–Crippen MR) is 81.6 cm³/mol. The summed E-state index contributed by atoms with van der Waals surface area (Å²) in [6, 6.07) is 13.3. The van der Waals surface area contributed by atoms with Crippen LogP contribution in [0.25, 0.3) is 0 Å². The van der Waals surface area contributed by atoms with Gasteiger partial charge in [-0.05, 0) is 41.7 Å². The largest absolute Gasteiger partial charge is 0.372 e. The Bertz CT molecular complexity index is 619. The molecule has 0 radical (unpaired) electrons. The topological polar surface area (TPSA) is 9.23 Å². The van der Waals surface area contributed by atoms with Gasteiger partial charge in [0.1, 0.15) is 0 Å². The van der Waals surface area contributed by atoms with E-state index in [1.165, 1.54) is 33.4 Å². The standard InChI is InChI=1S/C17H17BrO/c1-11-3-6-16(12(2)7-11)17(18)13-4-5-14-9-19-10-15(14)8-13/h3-8,17H,9-10H2,1-2H3. The van der Waals surface area contributed by atoms with Crippen molar-refractivity contribution >= 4 is 15.9 Å². The quantitative estimate of drug-likeness (QED) is 0.722. The Morgan fingerprint density at radius 1 is 1.00 bits per heavy atom. The van der Waals surface area contributed by atoms with Crippen LogP contribution >= 0.6 is 15.9 Å². The molecule has 0 aliphatic carbocycles. The molecule has 2 aromatic rings. The lowest BCUT2D eigenvalue weighted by molar-refractivity contribution is 0.134. The molecule has 0 bridgehead atoms. The first-order valence-corrected chi connectivity index (χ1v) is 7.47. The van der Waals surface area contributed by atoms with E-state index in [4.69, 9.17) is 4.74 Å². The third-order valence-corrected chi connectivity index (χ3v) is 4.76. The summed E-state index contributed by atoms with van der Waals surface area (Å²) in [6.07, 6.45) is 0. The summed E-state index contributed by atoms with van der Waals surface area (Å²) in [7, 11) is 0. The Balaban J connectivity index is 1.97. The maximum atomic E-state index is 5.48. The molecule has 2 aromatic carbocycles. The van der Waals surface area contributed by atoms with Crippen molar-refractivity contribution in [3.63, 3.8) is 0 Å². The summed E-state index contributed by atoms with van der Waals surface area (Å²) in [5.74, 6) is 0. The molecule has 3 rings (SSSR count). The normalized spacial score (nSPS) is 15.3. The van der Waals surface area contributed by atoms with Gasteiger partial charge in [0.05, 0.1) is 18.0 Å². The summed E-state index contributed by atoms with van der Waals surface area (Å²) in [4.78, 5) is 0.249. The van der Waals surface area contributed by atoms with Crippen molar-refractivity contribution < 1.29 is 4.74 Å². The molecule has 19 heavy (non-hydrogen) atoms. The van der Waals surface area contributed by atoms with E-state index in [1.54, 1.807) is 0 Å². The first-order chi connectivity index (χ1) is 9.15. The molecule has 0 saturated carbocycles. The SMILES string of the molecule is Cc1ccc(C(Br)c2ccc3c(c2)COC3)c(C)c1. The monoisotopic (exact) mass is 316 g/mol. The highest BCUT2D eigenvalue weighted by Gasteiger charge is 2.17. The second-order valence-electron chi connectivity index (χ2n) is 5.24. The van der Waals surface area contributed by atoms with Crippen molar-refractivity contribution in [3.8, 4) is 0 Å². The maximum Gasteiger partial charge on any atom is 0.0725 e. The zero-order chi connectivity index (χ0) is 13.4. The molecule has 1 atom stereocenters. The van der Waals surface area contributed by atoms with Crippen LogP contribution in [0.15, 0.2) is 36.4 Å². The average molecular weight is 317 g/mol. The van der Waals surface area contributed by atoms with Gasteiger partial charge < -0.3 is 4.74 Å². The minimum absolute atomic E-state index is 0.249. The lowest BCUT2D eigenvalue weighted by Crippen LogP contribution is -1.97. The summed E-state index contributed by atoms with van der Waals surface area (Å²) >= 11 is 3.84. The number of hydrogen-bond acceptors (Lipinski definition) is 1. The Morgan fingerprint density at radius 3 is 2.58 bits per heavy atom. The van der Waals surface area contributed by atoms with Gasteiger partial charge >= 0.3 is 0 Å². The highest BCUT2D eigenvalue weighted by molar-refractivity contribution is 9.09. The lowest BCUT2D eigenvalue weighted by Gasteiger charge is -2.15. The molecule has 1 aliphatic heterocycles. The summed E-state index contributed by atoms with van der Waals surface area (Å²) in [5, 5.41) is 0. The van der Waals surface area contributed by atoms with Gasteiger partial charge in [-0.25, -0.2) is 0 Å². The molecule has 1 nitrogen and oxygen atoms in total. The van der Waals surface area contributed by atoms with Gasteiger partial charge in [0.25, 0.3) is 0 Å². The van der Waals surface area contributed by atoms with Crippen LogP contribution in [-0.2, 0) is 18.0 Å². The van der Waals surface area contributed by atoms with E-state index < -0.39 is 0 Å². The van der Waals surface area contributed by atoms with Crippen LogP contribution in [0.3, 0.4) is 0 Å². The number of rotatable bonds is 2. The van der Waals surface area contributed by atoms with E-state index in [-0.39, 0.29) is 4.83 Å².